The van der Waals surface area contributed by atoms with Gasteiger partial charge in [0.05, 0.1) is 25.0 Å². The Morgan fingerprint density at radius 3 is 2.70 bits per heavy atom. The highest BCUT2D eigenvalue weighted by molar-refractivity contribution is 6.01. The Bertz CT molecular complexity index is 1080. The highest BCUT2D eigenvalue weighted by Crippen LogP contribution is 2.26. The van der Waals surface area contributed by atoms with E-state index in [1.807, 2.05) is 39.0 Å². The second-order valence-corrected chi connectivity index (χ2v) is 9.56. The lowest BCUT2D eigenvalue weighted by molar-refractivity contribution is -0.125. The molecule has 3 atom stereocenters. The summed E-state index contributed by atoms with van der Waals surface area (Å²) in [6.45, 7) is 6.53. The summed E-state index contributed by atoms with van der Waals surface area (Å²) in [4.78, 5) is 41.0. The lowest BCUT2D eigenvalue weighted by Crippen LogP contribution is -2.49. The van der Waals surface area contributed by atoms with E-state index in [1.54, 1.807) is 13.2 Å². The number of rotatable bonds is 8. The topological polar surface area (TPSA) is 136 Å². The van der Waals surface area contributed by atoms with Crippen molar-refractivity contribution in [2.45, 2.75) is 39.7 Å². The smallest absolute Gasteiger partial charge is 0.268 e. The third kappa shape index (κ3) is 5.83. The molecule has 1 saturated heterocycles. The Labute approximate surface area is 193 Å². The number of H-pyrrole nitrogens is 1. The first-order valence-electron chi connectivity index (χ1n) is 11.0. The Kier molecular flexibility index (Phi) is 7.26. The first-order chi connectivity index (χ1) is 15.6. The number of aromatic nitrogens is 1. The third-order valence-corrected chi connectivity index (χ3v) is 5.77. The molecule has 0 aliphatic carbocycles. The molecule has 2 aromatic rings. The van der Waals surface area contributed by atoms with E-state index in [-0.39, 0.29) is 23.8 Å². The van der Waals surface area contributed by atoms with E-state index in [4.69, 9.17) is 4.74 Å². The van der Waals surface area contributed by atoms with E-state index in [1.165, 1.54) is 0 Å². The van der Waals surface area contributed by atoms with Crippen LogP contribution < -0.4 is 20.7 Å². The SMILES string of the molecule is COc1cccc2[nH]c(C(=O)N[C@@H](CC(C)(C)C)C(=O)NCC(C#N)[C@@H]3CCNC3=O)cc12. The van der Waals surface area contributed by atoms with Crippen LogP contribution in [0, 0.1) is 28.6 Å². The number of nitrogens with zero attached hydrogens (tertiary/aromatic N) is 1. The van der Waals surface area contributed by atoms with Crippen LogP contribution in [0.1, 0.15) is 44.1 Å². The molecule has 9 heteroatoms. The molecular weight excluding hydrogens is 422 g/mol. The molecule has 1 unspecified atom stereocenters. The van der Waals surface area contributed by atoms with Crippen LogP contribution in [0.4, 0.5) is 0 Å². The Morgan fingerprint density at radius 1 is 1.33 bits per heavy atom. The summed E-state index contributed by atoms with van der Waals surface area (Å²) in [7, 11) is 1.56. The standard InChI is InChI=1S/C24H31N5O4/c1-24(2,3)11-19(22(31)27-13-14(12-25)15-8-9-26-21(15)30)29-23(32)18-10-16-17(28-18)6-5-7-20(16)33-4/h5-7,10,14-15,19,28H,8-9,11,13H2,1-4H3,(H,26,30)(H,27,31)(H,29,32)/t14?,15-,19-/m0/s1. The van der Waals surface area contributed by atoms with Gasteiger partial charge in [-0.15, -0.1) is 0 Å². The third-order valence-electron chi connectivity index (χ3n) is 5.77. The monoisotopic (exact) mass is 453 g/mol. The van der Waals surface area contributed by atoms with E-state index in [0.717, 1.165) is 10.9 Å². The highest BCUT2D eigenvalue weighted by Gasteiger charge is 2.34. The van der Waals surface area contributed by atoms with E-state index >= 15 is 0 Å². The van der Waals surface area contributed by atoms with Crippen molar-refractivity contribution >= 4 is 28.6 Å². The lowest BCUT2D eigenvalue weighted by atomic mass is 9.87. The van der Waals surface area contributed by atoms with Crippen LogP contribution in [0.5, 0.6) is 5.75 Å². The number of benzene rings is 1. The van der Waals surface area contributed by atoms with Crippen molar-refractivity contribution < 1.29 is 19.1 Å². The average Bonchev–Trinajstić information content (AvgIpc) is 3.39. The minimum atomic E-state index is -0.803. The van der Waals surface area contributed by atoms with E-state index < -0.39 is 23.8 Å². The number of aromatic amines is 1. The van der Waals surface area contributed by atoms with Crippen LogP contribution >= 0.6 is 0 Å². The fourth-order valence-electron chi connectivity index (χ4n) is 4.09. The minimum Gasteiger partial charge on any atom is -0.496 e. The molecule has 3 amide bonds. The van der Waals surface area contributed by atoms with Gasteiger partial charge in [-0.05, 0) is 36.5 Å². The van der Waals surface area contributed by atoms with Gasteiger partial charge in [0, 0.05) is 24.0 Å². The molecule has 1 aliphatic rings. The second-order valence-electron chi connectivity index (χ2n) is 9.56. The number of carbonyl (C=O) groups excluding carboxylic acids is 3. The van der Waals surface area contributed by atoms with Crippen molar-refractivity contribution in [3.05, 3.63) is 30.0 Å². The van der Waals surface area contributed by atoms with Gasteiger partial charge in [-0.3, -0.25) is 14.4 Å². The average molecular weight is 454 g/mol. The zero-order valence-corrected chi connectivity index (χ0v) is 19.5. The maximum absolute atomic E-state index is 13.0. The predicted octanol–water partition coefficient (Wildman–Crippen LogP) is 2.10. The summed E-state index contributed by atoms with van der Waals surface area (Å²) in [6, 6.07) is 8.50. The normalized spacial score (nSPS) is 17.7. The summed E-state index contributed by atoms with van der Waals surface area (Å²) in [6.07, 6.45) is 0.966. The van der Waals surface area contributed by atoms with Gasteiger partial charge in [-0.25, -0.2) is 0 Å². The van der Waals surface area contributed by atoms with Gasteiger partial charge >= 0.3 is 0 Å². The second kappa shape index (κ2) is 9.94. The van der Waals surface area contributed by atoms with Crippen molar-refractivity contribution in [2.75, 3.05) is 20.2 Å². The number of methoxy groups -OCH3 is 1. The quantitative estimate of drug-likeness (QED) is 0.485. The largest absolute Gasteiger partial charge is 0.496 e. The molecule has 0 bridgehead atoms. The van der Waals surface area contributed by atoms with Gasteiger partial charge < -0.3 is 25.7 Å². The Balaban J connectivity index is 1.72. The summed E-state index contributed by atoms with van der Waals surface area (Å²) in [5.74, 6) is -1.37. The maximum atomic E-state index is 13.0. The molecule has 9 nitrogen and oxygen atoms in total. The number of fused-ring (bicyclic) bond motifs is 1. The fraction of sp³-hybridized carbons (Fsp3) is 0.500. The van der Waals surface area contributed by atoms with Gasteiger partial charge in [0.15, 0.2) is 0 Å². The van der Waals surface area contributed by atoms with Crippen LogP contribution in [0.3, 0.4) is 0 Å². The van der Waals surface area contributed by atoms with Crippen molar-refractivity contribution in [2.24, 2.45) is 17.3 Å². The van der Waals surface area contributed by atoms with Crippen LogP contribution in [-0.4, -0.2) is 48.9 Å². The number of amides is 3. The highest BCUT2D eigenvalue weighted by atomic mass is 16.5. The zero-order valence-electron chi connectivity index (χ0n) is 19.5. The van der Waals surface area contributed by atoms with Gasteiger partial charge in [0.2, 0.25) is 11.8 Å². The number of nitrogens with one attached hydrogen (secondary N) is 4. The van der Waals surface area contributed by atoms with Crippen LogP contribution in [0.15, 0.2) is 24.3 Å². The first kappa shape index (κ1) is 24.1. The maximum Gasteiger partial charge on any atom is 0.268 e. The molecule has 4 N–H and O–H groups in total. The summed E-state index contributed by atoms with van der Waals surface area (Å²) in [5, 5.41) is 18.6. The molecule has 0 radical (unpaired) electrons. The fourth-order valence-corrected chi connectivity index (χ4v) is 4.09. The molecule has 2 heterocycles. The molecule has 1 aliphatic heterocycles. The van der Waals surface area contributed by atoms with Crippen molar-refractivity contribution in [1.82, 2.24) is 20.9 Å². The van der Waals surface area contributed by atoms with Crippen molar-refractivity contribution in [3.63, 3.8) is 0 Å². The molecule has 3 rings (SSSR count). The van der Waals surface area contributed by atoms with Gasteiger partial charge in [0.1, 0.15) is 17.5 Å². The number of ether oxygens (including phenoxy) is 1. The first-order valence-corrected chi connectivity index (χ1v) is 11.0. The molecule has 1 aromatic heterocycles. The van der Waals surface area contributed by atoms with Crippen LogP contribution in [0.2, 0.25) is 0 Å². The molecule has 1 aromatic carbocycles. The van der Waals surface area contributed by atoms with E-state index in [0.29, 0.717) is 30.8 Å². The summed E-state index contributed by atoms with van der Waals surface area (Å²) in [5.41, 5.74) is 0.834. The van der Waals surface area contributed by atoms with Gasteiger partial charge in [0.25, 0.3) is 5.91 Å². The zero-order chi connectivity index (χ0) is 24.2. The number of nitriles is 1. The van der Waals surface area contributed by atoms with E-state index in [9.17, 15) is 19.6 Å². The molecule has 1 fully saturated rings. The lowest BCUT2D eigenvalue weighted by Gasteiger charge is -2.26. The van der Waals surface area contributed by atoms with Crippen molar-refractivity contribution in [3.8, 4) is 11.8 Å². The number of carbonyl (C=O) groups is 3. The van der Waals surface area contributed by atoms with E-state index in [2.05, 4.69) is 27.0 Å². The summed E-state index contributed by atoms with van der Waals surface area (Å²) >= 11 is 0. The minimum absolute atomic E-state index is 0.0491. The van der Waals surface area contributed by atoms with Crippen molar-refractivity contribution in [1.29, 1.82) is 5.26 Å². The Morgan fingerprint density at radius 2 is 2.09 bits per heavy atom. The van der Waals surface area contributed by atoms with Gasteiger partial charge in [-0.2, -0.15) is 5.26 Å². The molecular formula is C24H31N5O4. The molecule has 0 saturated carbocycles. The van der Waals surface area contributed by atoms with Gasteiger partial charge in [-0.1, -0.05) is 26.8 Å². The predicted molar refractivity (Wildman–Crippen MR) is 123 cm³/mol. The Hall–Kier alpha value is -3.54. The summed E-state index contributed by atoms with van der Waals surface area (Å²) < 4.78 is 5.35. The number of hydrogen-bond donors (Lipinski definition) is 4. The molecule has 176 valence electrons. The molecule has 33 heavy (non-hydrogen) atoms. The van der Waals surface area contributed by atoms with Crippen LogP contribution in [-0.2, 0) is 9.59 Å². The number of hydrogen-bond acceptors (Lipinski definition) is 5. The van der Waals surface area contributed by atoms with Crippen LogP contribution in [0.25, 0.3) is 10.9 Å². The molecule has 0 spiro atoms.